The highest BCUT2D eigenvalue weighted by molar-refractivity contribution is 6.31. The Morgan fingerprint density at radius 3 is 2.63 bits per heavy atom. The Kier molecular flexibility index (Phi) is 3.73. The lowest BCUT2D eigenvalue weighted by Crippen LogP contribution is -2.36. The molecule has 1 aliphatic heterocycles. The van der Waals surface area contributed by atoms with Crippen LogP contribution in [0.25, 0.3) is 0 Å². The molecule has 0 radical (unpaired) electrons. The van der Waals surface area contributed by atoms with Crippen LogP contribution in [0.3, 0.4) is 0 Å². The molecule has 0 unspecified atom stereocenters. The van der Waals surface area contributed by atoms with Gasteiger partial charge in [0.05, 0.1) is 11.6 Å². The molecule has 5 rings (SSSR count). The number of benzene rings is 2. The fraction of sp³-hybridized carbons (Fsp3) is 0.381. The summed E-state index contributed by atoms with van der Waals surface area (Å²) >= 11 is 6.17. The van der Waals surface area contributed by atoms with Crippen LogP contribution < -0.4 is 5.32 Å². The second-order valence-corrected chi connectivity index (χ2v) is 8.39. The maximum absolute atomic E-state index is 13.9. The molecule has 1 heterocycles. The van der Waals surface area contributed by atoms with Gasteiger partial charge in [-0.1, -0.05) is 17.7 Å². The Morgan fingerprint density at radius 2 is 1.89 bits per heavy atom. The van der Waals surface area contributed by atoms with E-state index < -0.39 is 17.6 Å². The van der Waals surface area contributed by atoms with Gasteiger partial charge in [0.15, 0.2) is 11.6 Å². The Morgan fingerprint density at radius 1 is 1.11 bits per heavy atom. The van der Waals surface area contributed by atoms with Crippen LogP contribution >= 0.6 is 11.6 Å². The molecule has 2 saturated carbocycles. The van der Waals surface area contributed by atoms with Crippen LogP contribution in [0, 0.1) is 29.4 Å². The smallest absolute Gasteiger partial charge is 0.336 e. The molecule has 2 aliphatic carbocycles. The third-order valence-electron chi connectivity index (χ3n) is 6.69. The van der Waals surface area contributed by atoms with E-state index in [1.807, 2.05) is 0 Å². The van der Waals surface area contributed by atoms with Crippen LogP contribution in [0.5, 0.6) is 0 Å². The number of hydrogen-bond acceptors (Lipinski definition) is 2. The number of carboxylic acid groups (broad SMARTS) is 1. The van der Waals surface area contributed by atoms with Crippen LogP contribution in [-0.2, 0) is 0 Å². The zero-order valence-corrected chi connectivity index (χ0v) is 15.1. The van der Waals surface area contributed by atoms with Crippen LogP contribution in [0.4, 0.5) is 14.5 Å². The predicted molar refractivity (Wildman–Crippen MR) is 98.2 cm³/mol. The van der Waals surface area contributed by atoms with E-state index in [0.29, 0.717) is 28.1 Å². The summed E-state index contributed by atoms with van der Waals surface area (Å²) < 4.78 is 27.3. The van der Waals surface area contributed by atoms with Gasteiger partial charge in [-0.3, -0.25) is 0 Å². The van der Waals surface area contributed by atoms with Gasteiger partial charge in [-0.25, -0.2) is 13.6 Å². The number of halogens is 3. The number of rotatable bonds is 2. The summed E-state index contributed by atoms with van der Waals surface area (Å²) in [5.41, 5.74) is 2.46. The van der Waals surface area contributed by atoms with E-state index in [4.69, 9.17) is 11.6 Å². The van der Waals surface area contributed by atoms with Crippen LogP contribution in [-0.4, -0.2) is 11.1 Å². The molecule has 0 aromatic heterocycles. The van der Waals surface area contributed by atoms with Crippen molar-refractivity contribution in [3.8, 4) is 0 Å². The zero-order valence-electron chi connectivity index (χ0n) is 14.4. The Labute approximate surface area is 160 Å². The molecule has 6 heteroatoms. The normalized spacial score (nSPS) is 30.6. The highest BCUT2D eigenvalue weighted by atomic mass is 35.5. The molecule has 2 aromatic carbocycles. The predicted octanol–water partition coefficient (Wildman–Crippen LogP) is 5.61. The maximum atomic E-state index is 13.9. The number of nitrogens with one attached hydrogen (secondary N) is 1. The van der Waals surface area contributed by atoms with E-state index in [-0.39, 0.29) is 23.4 Å². The fourth-order valence-corrected chi connectivity index (χ4v) is 6.01. The number of carbonyl (C=O) groups is 1. The van der Waals surface area contributed by atoms with E-state index in [2.05, 4.69) is 5.32 Å². The first kappa shape index (κ1) is 17.0. The quantitative estimate of drug-likeness (QED) is 0.701. The highest BCUT2D eigenvalue weighted by Gasteiger charge is 2.54. The average molecular weight is 390 g/mol. The summed E-state index contributed by atoms with van der Waals surface area (Å²) in [6.07, 6.45) is 3.23. The molecule has 2 bridgehead atoms. The van der Waals surface area contributed by atoms with Crippen molar-refractivity contribution < 1.29 is 18.7 Å². The molecule has 2 fully saturated rings. The minimum atomic E-state index is -0.983. The van der Waals surface area contributed by atoms with Gasteiger partial charge in [-0.15, -0.1) is 0 Å². The fourth-order valence-electron chi connectivity index (χ4n) is 5.79. The van der Waals surface area contributed by atoms with Crippen molar-refractivity contribution in [3.05, 3.63) is 63.7 Å². The van der Waals surface area contributed by atoms with Gasteiger partial charge in [-0.2, -0.15) is 0 Å². The first-order chi connectivity index (χ1) is 12.9. The van der Waals surface area contributed by atoms with Gasteiger partial charge in [0, 0.05) is 10.7 Å². The first-order valence-electron chi connectivity index (χ1n) is 9.22. The molecule has 140 valence electrons. The zero-order chi connectivity index (χ0) is 18.9. The average Bonchev–Trinajstić information content (AvgIpc) is 3.24. The number of carboxylic acids is 1. The van der Waals surface area contributed by atoms with Crippen LogP contribution in [0.1, 0.15) is 52.7 Å². The molecule has 2 N–H and O–H groups in total. The van der Waals surface area contributed by atoms with Gasteiger partial charge in [0.2, 0.25) is 0 Å². The maximum Gasteiger partial charge on any atom is 0.336 e. The number of hydrogen-bond donors (Lipinski definition) is 2. The lowest BCUT2D eigenvalue weighted by Gasteiger charge is -2.44. The highest BCUT2D eigenvalue weighted by Crippen LogP contribution is 2.64. The van der Waals surface area contributed by atoms with Crippen molar-refractivity contribution in [2.45, 2.75) is 31.2 Å². The monoisotopic (exact) mass is 389 g/mol. The molecular formula is C21H18ClF2NO2. The Hall–Kier alpha value is -2.14. The summed E-state index contributed by atoms with van der Waals surface area (Å²) in [5.74, 6) is -1.57. The topological polar surface area (TPSA) is 49.3 Å². The van der Waals surface area contributed by atoms with Crippen molar-refractivity contribution in [1.29, 1.82) is 0 Å². The molecule has 0 spiro atoms. The van der Waals surface area contributed by atoms with Gasteiger partial charge < -0.3 is 10.4 Å². The van der Waals surface area contributed by atoms with Gasteiger partial charge in [0.1, 0.15) is 0 Å². The van der Waals surface area contributed by atoms with Crippen LogP contribution in [0.2, 0.25) is 5.02 Å². The second kappa shape index (κ2) is 5.93. The third kappa shape index (κ3) is 2.48. The van der Waals surface area contributed by atoms with E-state index in [1.54, 1.807) is 12.1 Å². The summed E-state index contributed by atoms with van der Waals surface area (Å²) in [5, 5.41) is 13.5. The van der Waals surface area contributed by atoms with E-state index >= 15 is 0 Å². The minimum absolute atomic E-state index is 0.0986. The standard InChI is InChI=1S/C21H18ClF2NO2/c22-12-7-13(21(26)27)19-16(8-12)25-20(11-3-4-14(23)15(24)6-11)18-10-2-1-9(5-10)17(18)19/h3-4,6-10,17-18,20,25H,1-2,5H2,(H,26,27)/t9-,10-,17-,18+,20-/m0/s1. The number of fused-ring (bicyclic) bond motifs is 7. The molecule has 3 nitrogen and oxygen atoms in total. The molecule has 0 amide bonds. The van der Waals surface area contributed by atoms with E-state index in [1.165, 1.54) is 12.1 Å². The molecule has 27 heavy (non-hydrogen) atoms. The van der Waals surface area contributed by atoms with Crippen molar-refractivity contribution in [2.24, 2.45) is 17.8 Å². The lowest BCUT2D eigenvalue weighted by molar-refractivity contribution is 0.0693. The van der Waals surface area contributed by atoms with E-state index in [0.717, 1.165) is 30.9 Å². The van der Waals surface area contributed by atoms with E-state index in [9.17, 15) is 18.7 Å². The summed E-state index contributed by atoms with van der Waals surface area (Å²) in [6, 6.07) is 7.11. The Bertz CT molecular complexity index is 963. The van der Waals surface area contributed by atoms with Crippen molar-refractivity contribution in [3.63, 3.8) is 0 Å². The number of anilines is 1. The molecule has 3 aliphatic rings. The largest absolute Gasteiger partial charge is 0.478 e. The van der Waals surface area contributed by atoms with Crippen molar-refractivity contribution in [1.82, 2.24) is 0 Å². The molecule has 0 saturated heterocycles. The van der Waals surface area contributed by atoms with Crippen LogP contribution in [0.15, 0.2) is 30.3 Å². The number of aromatic carboxylic acids is 1. The summed E-state index contributed by atoms with van der Waals surface area (Å²) in [6.45, 7) is 0. The van der Waals surface area contributed by atoms with Crippen molar-refractivity contribution in [2.75, 3.05) is 5.32 Å². The minimum Gasteiger partial charge on any atom is -0.478 e. The van der Waals surface area contributed by atoms with Gasteiger partial charge in [0.25, 0.3) is 0 Å². The molecule has 2 aromatic rings. The SMILES string of the molecule is O=C(O)c1cc(Cl)cc2c1[C@H]1[C@H]3CC[C@@H](C3)[C@H]1[C@H](c1ccc(F)c(F)c1)N2. The van der Waals surface area contributed by atoms with Gasteiger partial charge >= 0.3 is 5.97 Å². The summed E-state index contributed by atoms with van der Waals surface area (Å²) in [7, 11) is 0. The molecule has 5 atom stereocenters. The Balaban J connectivity index is 1.69. The van der Waals surface area contributed by atoms with Crippen molar-refractivity contribution >= 4 is 23.3 Å². The third-order valence-corrected chi connectivity index (χ3v) is 6.91. The summed E-state index contributed by atoms with van der Waals surface area (Å²) in [4.78, 5) is 11.9. The lowest BCUT2D eigenvalue weighted by atomic mass is 9.67. The first-order valence-corrected chi connectivity index (χ1v) is 9.60. The second-order valence-electron chi connectivity index (χ2n) is 7.95. The molecular weight excluding hydrogens is 372 g/mol. The van der Waals surface area contributed by atoms with Gasteiger partial charge in [-0.05, 0) is 78.3 Å².